The third-order valence-corrected chi connectivity index (χ3v) is 4.92. The van der Waals surface area contributed by atoms with Crippen molar-refractivity contribution in [2.45, 2.75) is 110 Å². The van der Waals surface area contributed by atoms with Gasteiger partial charge in [0.1, 0.15) is 5.69 Å². The van der Waals surface area contributed by atoms with Gasteiger partial charge in [-0.1, -0.05) is 96.8 Å². The molecule has 25 heavy (non-hydrogen) atoms. The minimum absolute atomic E-state index is 0.297. The van der Waals surface area contributed by atoms with Crippen LogP contribution in [-0.2, 0) is 6.42 Å². The Hall–Kier alpha value is -1.39. The number of aromatic nitrogens is 3. The van der Waals surface area contributed by atoms with E-state index in [0.29, 0.717) is 11.5 Å². The number of aryl methyl sites for hydroxylation is 1. The van der Waals surface area contributed by atoms with Crippen LogP contribution in [-0.4, -0.2) is 15.4 Å². The van der Waals surface area contributed by atoms with Crippen LogP contribution in [0, 0.1) is 0 Å². The first kappa shape index (κ1) is 21.7. The molecule has 0 radical (unpaired) electrons. The largest absolute Gasteiger partial charge is 0.394 e. The van der Waals surface area contributed by atoms with E-state index in [1.165, 1.54) is 89.9 Å². The molecular weight excluding hydrogens is 310 g/mol. The lowest BCUT2D eigenvalue weighted by Crippen LogP contribution is -2.07. The summed E-state index contributed by atoms with van der Waals surface area (Å²) in [5, 5.41) is 11.3. The Kier molecular flexibility index (Phi) is 12.9. The lowest BCUT2D eigenvalue weighted by Gasteiger charge is -2.05. The summed E-state index contributed by atoms with van der Waals surface area (Å²) in [6.45, 7) is 2.28. The molecule has 0 atom stereocenters. The second-order valence-electron chi connectivity index (χ2n) is 7.23. The monoisotopic (exact) mass is 349 g/mol. The van der Waals surface area contributed by atoms with Crippen molar-refractivity contribution in [1.82, 2.24) is 15.4 Å². The van der Waals surface area contributed by atoms with Crippen molar-refractivity contribution in [2.24, 2.45) is 0 Å². The summed E-state index contributed by atoms with van der Waals surface area (Å²) >= 11 is 0. The van der Waals surface area contributed by atoms with Gasteiger partial charge in [0.2, 0.25) is 0 Å². The van der Waals surface area contributed by atoms with Crippen molar-refractivity contribution in [3.63, 3.8) is 0 Å². The maximum atomic E-state index is 5.85. The van der Waals surface area contributed by atoms with Crippen LogP contribution in [0.25, 0.3) is 0 Å². The molecular formula is C20H39N5. The van der Waals surface area contributed by atoms with Crippen molar-refractivity contribution in [2.75, 3.05) is 11.5 Å². The first-order valence-corrected chi connectivity index (χ1v) is 10.5. The molecule has 144 valence electrons. The summed E-state index contributed by atoms with van der Waals surface area (Å²) in [5.41, 5.74) is 12.8. The summed E-state index contributed by atoms with van der Waals surface area (Å²) in [4.78, 5) is 0. The van der Waals surface area contributed by atoms with E-state index in [2.05, 4.69) is 22.3 Å². The summed E-state index contributed by atoms with van der Waals surface area (Å²) < 4.78 is 0. The SMILES string of the molecule is CCCCCCCCCCCCCCCCCc1nnnc(N)c1N. The van der Waals surface area contributed by atoms with Crippen LogP contribution in [0.5, 0.6) is 0 Å². The third-order valence-electron chi connectivity index (χ3n) is 4.92. The van der Waals surface area contributed by atoms with Crippen molar-refractivity contribution >= 4 is 11.5 Å². The average Bonchev–Trinajstić information content (AvgIpc) is 2.61. The number of anilines is 2. The molecule has 1 heterocycles. The first-order valence-electron chi connectivity index (χ1n) is 10.5. The van der Waals surface area contributed by atoms with E-state index in [4.69, 9.17) is 11.5 Å². The number of nitrogen functional groups attached to an aromatic ring is 2. The smallest absolute Gasteiger partial charge is 0.173 e. The van der Waals surface area contributed by atoms with Crippen LogP contribution in [0.1, 0.15) is 109 Å². The van der Waals surface area contributed by atoms with Crippen molar-refractivity contribution in [3.8, 4) is 0 Å². The van der Waals surface area contributed by atoms with Crippen LogP contribution in [0.2, 0.25) is 0 Å². The molecule has 5 heteroatoms. The minimum atomic E-state index is 0.297. The van der Waals surface area contributed by atoms with Crippen LogP contribution < -0.4 is 11.5 Å². The highest BCUT2D eigenvalue weighted by molar-refractivity contribution is 5.59. The quantitative estimate of drug-likeness (QED) is 0.387. The second kappa shape index (κ2) is 14.9. The van der Waals surface area contributed by atoms with Gasteiger partial charge in [0.15, 0.2) is 5.82 Å². The summed E-state index contributed by atoms with van der Waals surface area (Å²) in [6, 6.07) is 0. The predicted octanol–water partition coefficient (Wildman–Crippen LogP) is 5.45. The Morgan fingerprint density at radius 1 is 0.600 bits per heavy atom. The molecule has 0 amide bonds. The summed E-state index contributed by atoms with van der Waals surface area (Å²) in [6.07, 6.45) is 21.4. The van der Waals surface area contributed by atoms with Gasteiger partial charge in [-0.2, -0.15) is 0 Å². The van der Waals surface area contributed by atoms with Gasteiger partial charge in [-0.25, -0.2) is 0 Å². The lowest BCUT2D eigenvalue weighted by molar-refractivity contribution is 0.531. The highest BCUT2D eigenvalue weighted by Gasteiger charge is 2.05. The van der Waals surface area contributed by atoms with E-state index in [1.54, 1.807) is 0 Å². The van der Waals surface area contributed by atoms with Gasteiger partial charge in [-0.15, -0.1) is 10.2 Å². The molecule has 0 unspecified atom stereocenters. The van der Waals surface area contributed by atoms with E-state index in [-0.39, 0.29) is 0 Å². The van der Waals surface area contributed by atoms with E-state index in [1.807, 2.05) is 0 Å². The Labute approximate surface area is 154 Å². The maximum absolute atomic E-state index is 5.85. The van der Waals surface area contributed by atoms with Gasteiger partial charge in [0.05, 0.1) is 5.69 Å². The fourth-order valence-corrected chi connectivity index (χ4v) is 3.23. The van der Waals surface area contributed by atoms with Crippen molar-refractivity contribution in [1.29, 1.82) is 0 Å². The normalized spacial score (nSPS) is 11.1. The maximum Gasteiger partial charge on any atom is 0.173 e. The van der Waals surface area contributed by atoms with Gasteiger partial charge in [0.25, 0.3) is 0 Å². The molecule has 1 aromatic rings. The average molecular weight is 350 g/mol. The molecule has 0 aliphatic heterocycles. The van der Waals surface area contributed by atoms with Gasteiger partial charge < -0.3 is 11.5 Å². The fourth-order valence-electron chi connectivity index (χ4n) is 3.23. The lowest BCUT2D eigenvalue weighted by atomic mass is 10.0. The van der Waals surface area contributed by atoms with Crippen LogP contribution in [0.3, 0.4) is 0 Å². The molecule has 0 aromatic carbocycles. The summed E-state index contributed by atoms with van der Waals surface area (Å²) in [7, 11) is 0. The molecule has 0 aliphatic rings. The minimum Gasteiger partial charge on any atom is -0.394 e. The fraction of sp³-hybridized carbons (Fsp3) is 0.850. The molecule has 0 aliphatic carbocycles. The number of nitrogens with zero attached hydrogens (tertiary/aromatic N) is 3. The first-order chi connectivity index (χ1) is 12.3. The van der Waals surface area contributed by atoms with Crippen LogP contribution in [0.4, 0.5) is 11.5 Å². The Balaban J connectivity index is 1.82. The van der Waals surface area contributed by atoms with Crippen LogP contribution >= 0.6 is 0 Å². The standard InChI is InChI=1S/C20H39N5/c1-2-3-4-5-6-7-8-9-10-11-12-13-14-15-16-17-18-19(21)20(22)24-25-23-18/h2-17H2,1H3,(H2,21,25)(H2,22,23,24). The van der Waals surface area contributed by atoms with Gasteiger partial charge in [0, 0.05) is 0 Å². The molecule has 0 bridgehead atoms. The molecule has 0 spiro atoms. The Bertz CT molecular complexity index is 436. The molecule has 1 aromatic heterocycles. The van der Waals surface area contributed by atoms with E-state index in [9.17, 15) is 0 Å². The van der Waals surface area contributed by atoms with Gasteiger partial charge >= 0.3 is 0 Å². The van der Waals surface area contributed by atoms with E-state index >= 15 is 0 Å². The molecule has 0 saturated carbocycles. The Morgan fingerprint density at radius 2 is 1.04 bits per heavy atom. The molecule has 4 N–H and O–H groups in total. The number of nitrogens with two attached hydrogens (primary N) is 2. The topological polar surface area (TPSA) is 90.7 Å². The zero-order chi connectivity index (χ0) is 18.2. The number of hydrogen-bond acceptors (Lipinski definition) is 5. The predicted molar refractivity (Wildman–Crippen MR) is 107 cm³/mol. The highest BCUT2D eigenvalue weighted by Crippen LogP contribution is 2.17. The zero-order valence-electron chi connectivity index (χ0n) is 16.3. The number of rotatable bonds is 16. The Morgan fingerprint density at radius 3 is 1.52 bits per heavy atom. The third kappa shape index (κ3) is 11.0. The van der Waals surface area contributed by atoms with Gasteiger partial charge in [-0.3, -0.25) is 0 Å². The summed E-state index contributed by atoms with van der Waals surface area (Å²) in [5.74, 6) is 0.297. The molecule has 1 rings (SSSR count). The van der Waals surface area contributed by atoms with Crippen LogP contribution in [0.15, 0.2) is 0 Å². The number of unbranched alkanes of at least 4 members (excludes halogenated alkanes) is 14. The molecule has 5 nitrogen and oxygen atoms in total. The second-order valence-corrected chi connectivity index (χ2v) is 7.23. The molecule has 0 fully saturated rings. The molecule has 0 saturated heterocycles. The van der Waals surface area contributed by atoms with Crippen molar-refractivity contribution in [3.05, 3.63) is 5.69 Å². The van der Waals surface area contributed by atoms with E-state index in [0.717, 1.165) is 18.5 Å². The van der Waals surface area contributed by atoms with Crippen molar-refractivity contribution < 1.29 is 0 Å². The number of hydrogen-bond donors (Lipinski definition) is 2. The van der Waals surface area contributed by atoms with Gasteiger partial charge in [-0.05, 0) is 18.1 Å². The zero-order valence-corrected chi connectivity index (χ0v) is 16.3. The highest BCUT2D eigenvalue weighted by atomic mass is 15.3. The van der Waals surface area contributed by atoms with E-state index < -0.39 is 0 Å².